The average Bonchev–Trinajstić information content (AvgIpc) is 2.42. The van der Waals surface area contributed by atoms with Gasteiger partial charge in [-0.05, 0) is 56.5 Å². The van der Waals surface area contributed by atoms with E-state index in [4.69, 9.17) is 22.1 Å². The molecule has 0 aliphatic carbocycles. The molecule has 2 N–H and O–H groups in total. The predicted molar refractivity (Wildman–Crippen MR) is 84.2 cm³/mol. The average molecular weight is 297 g/mol. The van der Waals surface area contributed by atoms with Gasteiger partial charge in [-0.25, -0.2) is 0 Å². The summed E-state index contributed by atoms with van der Waals surface area (Å²) in [4.78, 5) is 2.45. The van der Waals surface area contributed by atoms with Gasteiger partial charge >= 0.3 is 0 Å². The number of likely N-dealkylation sites (tertiary alicyclic amines) is 1. The minimum atomic E-state index is -0.0635. The molecule has 20 heavy (non-hydrogen) atoms. The summed E-state index contributed by atoms with van der Waals surface area (Å²) >= 11 is 6.05. The van der Waals surface area contributed by atoms with Crippen molar-refractivity contribution in [1.29, 1.82) is 0 Å². The Balaban J connectivity index is 2.23. The van der Waals surface area contributed by atoms with Crippen molar-refractivity contribution < 1.29 is 4.74 Å². The molecule has 2 rings (SSSR count). The quantitative estimate of drug-likeness (QED) is 0.927. The van der Waals surface area contributed by atoms with Gasteiger partial charge in [-0.1, -0.05) is 17.7 Å². The Morgan fingerprint density at radius 1 is 1.50 bits per heavy atom. The number of methoxy groups -OCH3 is 1. The monoisotopic (exact) mass is 296 g/mol. The zero-order chi connectivity index (χ0) is 14.8. The highest BCUT2D eigenvalue weighted by molar-refractivity contribution is 6.30. The van der Waals surface area contributed by atoms with E-state index in [9.17, 15) is 0 Å². The second-order valence-corrected chi connectivity index (χ2v) is 6.42. The summed E-state index contributed by atoms with van der Waals surface area (Å²) in [7, 11) is 1.80. The maximum atomic E-state index is 6.06. The first-order valence-corrected chi connectivity index (χ1v) is 7.62. The zero-order valence-electron chi connectivity index (χ0n) is 12.7. The first-order chi connectivity index (χ1) is 9.49. The SMILES string of the molecule is COC1(C)CCCN(C(CN)c2ccc(Cl)cc2C)C1. The molecule has 0 spiro atoms. The number of rotatable bonds is 4. The molecule has 0 aromatic heterocycles. The van der Waals surface area contributed by atoms with Crippen LogP contribution in [0.5, 0.6) is 0 Å². The first kappa shape index (κ1) is 15.8. The van der Waals surface area contributed by atoms with Crippen LogP contribution in [0.25, 0.3) is 0 Å². The fraction of sp³-hybridized carbons (Fsp3) is 0.625. The van der Waals surface area contributed by atoms with E-state index < -0.39 is 0 Å². The number of hydrogen-bond donors (Lipinski definition) is 1. The van der Waals surface area contributed by atoms with Crippen LogP contribution in [0.1, 0.15) is 36.9 Å². The summed E-state index contributed by atoms with van der Waals surface area (Å²) < 4.78 is 5.69. The van der Waals surface area contributed by atoms with Crippen molar-refractivity contribution in [2.45, 2.75) is 38.3 Å². The van der Waals surface area contributed by atoms with Gasteiger partial charge < -0.3 is 10.5 Å². The summed E-state index contributed by atoms with van der Waals surface area (Å²) in [6.07, 6.45) is 2.25. The number of ether oxygens (including phenoxy) is 1. The van der Waals surface area contributed by atoms with Gasteiger partial charge in [0.2, 0.25) is 0 Å². The van der Waals surface area contributed by atoms with Crippen molar-refractivity contribution in [2.24, 2.45) is 5.73 Å². The molecule has 1 aromatic rings. The van der Waals surface area contributed by atoms with E-state index in [0.29, 0.717) is 6.54 Å². The van der Waals surface area contributed by atoms with Gasteiger partial charge in [0, 0.05) is 31.3 Å². The van der Waals surface area contributed by atoms with Crippen molar-refractivity contribution in [3.8, 4) is 0 Å². The van der Waals surface area contributed by atoms with Crippen molar-refractivity contribution in [3.63, 3.8) is 0 Å². The van der Waals surface area contributed by atoms with Gasteiger partial charge in [-0.3, -0.25) is 4.90 Å². The van der Waals surface area contributed by atoms with Crippen molar-refractivity contribution in [1.82, 2.24) is 4.90 Å². The Morgan fingerprint density at radius 3 is 2.85 bits per heavy atom. The Morgan fingerprint density at radius 2 is 2.25 bits per heavy atom. The van der Waals surface area contributed by atoms with Crippen LogP contribution >= 0.6 is 11.6 Å². The molecule has 1 aliphatic rings. The molecule has 3 nitrogen and oxygen atoms in total. The maximum absolute atomic E-state index is 6.06. The highest BCUT2D eigenvalue weighted by Crippen LogP contribution is 2.32. The van der Waals surface area contributed by atoms with Gasteiger partial charge in [0.05, 0.1) is 5.60 Å². The van der Waals surface area contributed by atoms with E-state index in [2.05, 4.69) is 24.8 Å². The van der Waals surface area contributed by atoms with Crippen LogP contribution in [-0.4, -0.2) is 37.2 Å². The minimum absolute atomic E-state index is 0.0635. The van der Waals surface area contributed by atoms with E-state index in [1.54, 1.807) is 7.11 Å². The van der Waals surface area contributed by atoms with Gasteiger partial charge in [-0.15, -0.1) is 0 Å². The summed E-state index contributed by atoms with van der Waals surface area (Å²) in [6, 6.07) is 6.31. The second kappa shape index (κ2) is 6.44. The number of hydrogen-bond acceptors (Lipinski definition) is 3. The Bertz CT molecular complexity index is 466. The Hall–Kier alpha value is -0.610. The van der Waals surface area contributed by atoms with E-state index in [1.807, 2.05) is 12.1 Å². The maximum Gasteiger partial charge on any atom is 0.0777 e. The molecule has 1 fully saturated rings. The highest BCUT2D eigenvalue weighted by Gasteiger charge is 2.34. The lowest BCUT2D eigenvalue weighted by Crippen LogP contribution is -2.50. The van der Waals surface area contributed by atoms with Crippen LogP contribution in [0.15, 0.2) is 18.2 Å². The molecule has 1 aromatic carbocycles. The number of aryl methyl sites for hydroxylation is 1. The lowest BCUT2D eigenvalue weighted by atomic mass is 9.91. The molecule has 1 aliphatic heterocycles. The Kier molecular flexibility index (Phi) is 5.08. The molecule has 2 unspecified atom stereocenters. The minimum Gasteiger partial charge on any atom is -0.377 e. The van der Waals surface area contributed by atoms with Crippen LogP contribution in [0.2, 0.25) is 5.02 Å². The molecular weight excluding hydrogens is 272 g/mol. The van der Waals surface area contributed by atoms with Gasteiger partial charge in [0.25, 0.3) is 0 Å². The zero-order valence-corrected chi connectivity index (χ0v) is 13.4. The molecular formula is C16H25ClN2O. The van der Waals surface area contributed by atoms with Crippen molar-refractivity contribution in [3.05, 3.63) is 34.3 Å². The van der Waals surface area contributed by atoms with Crippen molar-refractivity contribution >= 4 is 11.6 Å². The lowest BCUT2D eigenvalue weighted by molar-refractivity contribution is -0.0608. The molecule has 0 amide bonds. The lowest BCUT2D eigenvalue weighted by Gasteiger charge is -2.43. The molecule has 0 bridgehead atoms. The third-order valence-electron chi connectivity index (χ3n) is 4.44. The summed E-state index contributed by atoms with van der Waals surface area (Å²) in [5, 5.41) is 0.780. The summed E-state index contributed by atoms with van der Waals surface area (Å²) in [6.45, 7) is 6.89. The van der Waals surface area contributed by atoms with Crippen LogP contribution in [-0.2, 0) is 4.74 Å². The summed E-state index contributed by atoms with van der Waals surface area (Å²) in [5.41, 5.74) is 8.48. The molecule has 0 saturated carbocycles. The van der Waals surface area contributed by atoms with Gasteiger partial charge in [-0.2, -0.15) is 0 Å². The number of nitrogens with two attached hydrogens (primary N) is 1. The second-order valence-electron chi connectivity index (χ2n) is 5.98. The van der Waals surface area contributed by atoms with Crippen LogP contribution < -0.4 is 5.73 Å². The molecule has 1 heterocycles. The smallest absolute Gasteiger partial charge is 0.0777 e. The predicted octanol–water partition coefficient (Wildman–Crippen LogP) is 3.15. The molecule has 4 heteroatoms. The first-order valence-electron chi connectivity index (χ1n) is 7.24. The largest absolute Gasteiger partial charge is 0.377 e. The van der Waals surface area contributed by atoms with Crippen LogP contribution in [0.4, 0.5) is 0 Å². The fourth-order valence-electron chi connectivity index (χ4n) is 3.16. The number of nitrogens with zero attached hydrogens (tertiary/aromatic N) is 1. The van der Waals surface area contributed by atoms with Crippen LogP contribution in [0, 0.1) is 6.92 Å². The number of halogens is 1. The third kappa shape index (κ3) is 3.34. The van der Waals surface area contributed by atoms with E-state index >= 15 is 0 Å². The molecule has 0 radical (unpaired) electrons. The summed E-state index contributed by atoms with van der Waals surface area (Å²) in [5.74, 6) is 0. The van der Waals surface area contributed by atoms with E-state index in [1.165, 1.54) is 11.1 Å². The molecule has 1 saturated heterocycles. The normalized spacial score (nSPS) is 25.6. The number of piperidine rings is 1. The van der Waals surface area contributed by atoms with E-state index in [0.717, 1.165) is 31.0 Å². The van der Waals surface area contributed by atoms with Crippen LogP contribution in [0.3, 0.4) is 0 Å². The highest BCUT2D eigenvalue weighted by atomic mass is 35.5. The number of benzene rings is 1. The van der Waals surface area contributed by atoms with Gasteiger partial charge in [0.1, 0.15) is 0 Å². The third-order valence-corrected chi connectivity index (χ3v) is 4.67. The fourth-order valence-corrected chi connectivity index (χ4v) is 3.39. The van der Waals surface area contributed by atoms with Gasteiger partial charge in [0.15, 0.2) is 0 Å². The molecule has 112 valence electrons. The topological polar surface area (TPSA) is 38.5 Å². The Labute approximate surface area is 127 Å². The van der Waals surface area contributed by atoms with E-state index in [-0.39, 0.29) is 11.6 Å². The standard InChI is InChI=1S/C16H25ClN2O/c1-12-9-13(17)5-6-14(12)15(10-18)19-8-4-7-16(2,11-19)20-3/h5-6,9,15H,4,7-8,10-11,18H2,1-3H3. The molecule has 2 atom stereocenters. The van der Waals surface area contributed by atoms with Crippen molar-refractivity contribution in [2.75, 3.05) is 26.7 Å².